The minimum absolute atomic E-state index is 0.202. The average Bonchev–Trinajstić information content (AvgIpc) is 2.04. The number of hydrogen-bond acceptors (Lipinski definition) is 0. The number of rotatable bonds is 7. The average molecular weight is 186 g/mol. The summed E-state index contributed by atoms with van der Waals surface area (Å²) < 4.78 is 0. The molecule has 0 saturated carbocycles. The first-order chi connectivity index (χ1) is 5.62. The Morgan fingerprint density at radius 2 is 1.58 bits per heavy atom. The maximum absolute atomic E-state index is 2.44. The minimum Gasteiger partial charge on any atom is -0.0744 e. The molecule has 0 nitrogen and oxygen atoms in total. The molecule has 0 atom stereocenters. The van der Waals surface area contributed by atoms with Gasteiger partial charge in [-0.25, -0.2) is 0 Å². The second kappa shape index (κ2) is 6.70. The highest BCUT2D eigenvalue weighted by Gasteiger charge is 2.13. The molecule has 0 aromatic carbocycles. The lowest BCUT2D eigenvalue weighted by atomic mass is 10.0. The van der Waals surface area contributed by atoms with Gasteiger partial charge in [-0.2, -0.15) is 0 Å². The van der Waals surface area contributed by atoms with Gasteiger partial charge in [0.2, 0.25) is 0 Å². The Morgan fingerprint density at radius 3 is 2.08 bits per heavy atom. The Hall–Kier alpha value is 0.217. The highest BCUT2D eigenvalue weighted by Crippen LogP contribution is 2.29. The van der Waals surface area contributed by atoms with E-state index in [0.29, 0.717) is 0 Å². The molecule has 0 aromatic rings. The van der Waals surface area contributed by atoms with Crippen LogP contribution in [0.3, 0.4) is 0 Å². The number of hydrogen-bond donors (Lipinski definition) is 0. The summed E-state index contributed by atoms with van der Waals surface area (Å²) in [7, 11) is 0.202. The van der Waals surface area contributed by atoms with Crippen molar-refractivity contribution in [1.29, 1.82) is 0 Å². The molecule has 0 fully saturated rings. The molecule has 0 spiro atoms. The van der Waals surface area contributed by atoms with Gasteiger partial charge in [0.25, 0.3) is 0 Å². The lowest BCUT2D eigenvalue weighted by Gasteiger charge is -2.21. The molecule has 0 aliphatic carbocycles. The topological polar surface area (TPSA) is 0 Å². The van der Waals surface area contributed by atoms with E-state index in [1.54, 1.807) is 0 Å². The molecule has 0 aliphatic heterocycles. The Bertz CT molecular complexity index is 97.2. The van der Waals surface area contributed by atoms with Gasteiger partial charge in [0.1, 0.15) is 0 Å². The van der Waals surface area contributed by atoms with Gasteiger partial charge in [0, 0.05) is 9.52 Å². The van der Waals surface area contributed by atoms with Crippen LogP contribution in [0.25, 0.3) is 0 Å². The van der Waals surface area contributed by atoms with E-state index >= 15 is 0 Å². The van der Waals surface area contributed by atoms with E-state index in [0.717, 1.165) is 5.04 Å². The SMILES string of the molecule is CCCCCCCC(C)(C)[SiH2]C. The van der Waals surface area contributed by atoms with Crippen molar-refractivity contribution in [3.05, 3.63) is 0 Å². The van der Waals surface area contributed by atoms with E-state index in [1.165, 1.54) is 38.5 Å². The van der Waals surface area contributed by atoms with E-state index in [1.807, 2.05) is 0 Å². The summed E-state index contributed by atoms with van der Waals surface area (Å²) in [5.74, 6) is 0. The highest BCUT2D eigenvalue weighted by atomic mass is 28.2. The Kier molecular flexibility index (Phi) is 6.82. The molecule has 74 valence electrons. The zero-order valence-corrected chi connectivity index (χ0v) is 10.9. The molecule has 0 unspecified atom stereocenters. The van der Waals surface area contributed by atoms with E-state index in [4.69, 9.17) is 0 Å². The monoisotopic (exact) mass is 186 g/mol. The summed E-state index contributed by atoms with van der Waals surface area (Å²) in [6.07, 6.45) is 8.66. The van der Waals surface area contributed by atoms with Crippen LogP contribution in [0.15, 0.2) is 0 Å². The van der Waals surface area contributed by atoms with Crippen LogP contribution in [0, 0.1) is 0 Å². The van der Waals surface area contributed by atoms with Crippen LogP contribution in [0.5, 0.6) is 0 Å². The molecule has 0 aromatic heterocycles. The van der Waals surface area contributed by atoms with Crippen molar-refractivity contribution < 1.29 is 0 Å². The molecule has 0 heterocycles. The Labute approximate surface area is 81.0 Å². The summed E-state index contributed by atoms with van der Waals surface area (Å²) in [5.41, 5.74) is 0. The van der Waals surface area contributed by atoms with E-state index in [9.17, 15) is 0 Å². The Balaban J connectivity index is 3.19. The van der Waals surface area contributed by atoms with Crippen molar-refractivity contribution in [3.8, 4) is 0 Å². The molecule has 0 N–H and O–H groups in total. The first kappa shape index (κ1) is 12.2. The second-order valence-corrected chi connectivity index (χ2v) is 7.30. The van der Waals surface area contributed by atoms with Gasteiger partial charge in [-0.3, -0.25) is 0 Å². The standard InChI is InChI=1S/C11H26Si/c1-5-6-7-8-9-10-11(2,3)12-4/h5-10,12H2,1-4H3. The summed E-state index contributed by atoms with van der Waals surface area (Å²) in [4.78, 5) is 0. The predicted molar refractivity (Wildman–Crippen MR) is 61.8 cm³/mol. The van der Waals surface area contributed by atoms with Gasteiger partial charge in [0.15, 0.2) is 0 Å². The van der Waals surface area contributed by atoms with Gasteiger partial charge >= 0.3 is 0 Å². The summed E-state index contributed by atoms with van der Waals surface area (Å²) >= 11 is 0. The highest BCUT2D eigenvalue weighted by molar-refractivity contribution is 6.37. The van der Waals surface area contributed by atoms with Gasteiger partial charge in [-0.1, -0.05) is 65.8 Å². The normalized spacial score (nSPS) is 13.0. The van der Waals surface area contributed by atoms with Crippen LogP contribution in [-0.2, 0) is 0 Å². The van der Waals surface area contributed by atoms with Crippen LogP contribution < -0.4 is 0 Å². The van der Waals surface area contributed by atoms with Crippen molar-refractivity contribution in [3.63, 3.8) is 0 Å². The molecule has 12 heavy (non-hydrogen) atoms. The van der Waals surface area contributed by atoms with E-state index < -0.39 is 0 Å². The summed E-state index contributed by atoms with van der Waals surface area (Å²) in [6, 6.07) is 0. The van der Waals surface area contributed by atoms with Crippen LogP contribution in [-0.4, -0.2) is 9.52 Å². The number of unbranched alkanes of at least 4 members (excludes halogenated alkanes) is 4. The molecule has 0 rings (SSSR count). The van der Waals surface area contributed by atoms with E-state index in [-0.39, 0.29) is 9.52 Å². The third kappa shape index (κ3) is 6.90. The predicted octanol–water partition coefficient (Wildman–Crippen LogP) is 3.76. The Morgan fingerprint density at radius 1 is 1.00 bits per heavy atom. The fourth-order valence-electron chi connectivity index (χ4n) is 1.38. The lowest BCUT2D eigenvalue weighted by Crippen LogP contribution is -2.09. The minimum atomic E-state index is 0.202. The lowest BCUT2D eigenvalue weighted by molar-refractivity contribution is 0.530. The molecular formula is C11H26Si. The maximum Gasteiger partial charge on any atom is 0.0233 e. The van der Waals surface area contributed by atoms with Crippen molar-refractivity contribution >= 4 is 9.52 Å². The van der Waals surface area contributed by atoms with Gasteiger partial charge in [0.05, 0.1) is 0 Å². The molecule has 0 radical (unpaired) electrons. The van der Waals surface area contributed by atoms with Crippen LogP contribution in [0.4, 0.5) is 0 Å². The maximum atomic E-state index is 2.44. The summed E-state index contributed by atoms with van der Waals surface area (Å²) in [6.45, 7) is 9.60. The third-order valence-electron chi connectivity index (χ3n) is 2.91. The van der Waals surface area contributed by atoms with Crippen molar-refractivity contribution in [1.82, 2.24) is 0 Å². The van der Waals surface area contributed by atoms with Crippen LogP contribution in [0.2, 0.25) is 11.6 Å². The van der Waals surface area contributed by atoms with E-state index in [2.05, 4.69) is 27.3 Å². The largest absolute Gasteiger partial charge is 0.0744 e. The zero-order chi connectivity index (χ0) is 9.45. The fourth-order valence-corrected chi connectivity index (χ4v) is 1.99. The fraction of sp³-hybridized carbons (Fsp3) is 1.00. The van der Waals surface area contributed by atoms with Crippen molar-refractivity contribution in [2.75, 3.05) is 0 Å². The third-order valence-corrected chi connectivity index (χ3v) is 5.18. The smallest absolute Gasteiger partial charge is 0.0233 e. The molecular weight excluding hydrogens is 160 g/mol. The van der Waals surface area contributed by atoms with Gasteiger partial charge < -0.3 is 0 Å². The van der Waals surface area contributed by atoms with Crippen LogP contribution >= 0.6 is 0 Å². The first-order valence-corrected chi connectivity index (χ1v) is 7.74. The molecule has 0 bridgehead atoms. The molecule has 1 heteroatoms. The second-order valence-electron chi connectivity index (χ2n) is 4.68. The van der Waals surface area contributed by atoms with Crippen molar-refractivity contribution in [2.45, 2.75) is 70.9 Å². The van der Waals surface area contributed by atoms with Gasteiger partial charge in [-0.05, 0) is 5.04 Å². The molecule has 0 saturated heterocycles. The quantitative estimate of drug-likeness (QED) is 0.419. The molecule has 0 amide bonds. The van der Waals surface area contributed by atoms with Crippen molar-refractivity contribution in [2.24, 2.45) is 0 Å². The van der Waals surface area contributed by atoms with Gasteiger partial charge in [-0.15, -0.1) is 0 Å². The van der Waals surface area contributed by atoms with Crippen LogP contribution in [0.1, 0.15) is 59.3 Å². The first-order valence-electron chi connectivity index (χ1n) is 5.62. The molecule has 0 aliphatic rings. The zero-order valence-electron chi connectivity index (χ0n) is 9.45. The summed E-state index contributed by atoms with van der Waals surface area (Å²) in [5, 5.41) is 0.728.